The lowest BCUT2D eigenvalue weighted by Crippen LogP contribution is -2.05. The molecule has 1 aliphatic heterocycles. The van der Waals surface area contributed by atoms with Crippen molar-refractivity contribution in [1.82, 2.24) is 9.97 Å². The molecule has 1 aliphatic rings. The zero-order chi connectivity index (χ0) is 17.9. The van der Waals surface area contributed by atoms with Gasteiger partial charge < -0.3 is 9.47 Å². The maximum absolute atomic E-state index is 12.1. The predicted molar refractivity (Wildman–Crippen MR) is 97.8 cm³/mol. The van der Waals surface area contributed by atoms with E-state index in [1.807, 2.05) is 43.3 Å². The molecule has 2 aromatic carbocycles. The van der Waals surface area contributed by atoms with Crippen molar-refractivity contribution in [3.8, 4) is 5.75 Å². The molecule has 0 unspecified atom stereocenters. The zero-order valence-electron chi connectivity index (χ0n) is 14.0. The van der Waals surface area contributed by atoms with Gasteiger partial charge in [-0.05, 0) is 49.4 Å². The van der Waals surface area contributed by atoms with Gasteiger partial charge >= 0.3 is 5.97 Å². The van der Waals surface area contributed by atoms with Crippen LogP contribution in [-0.2, 0) is 9.53 Å². The molecule has 0 bridgehead atoms. The van der Waals surface area contributed by atoms with Gasteiger partial charge in [0.1, 0.15) is 5.75 Å². The van der Waals surface area contributed by atoms with Crippen molar-refractivity contribution >= 4 is 29.0 Å². The van der Waals surface area contributed by atoms with Crippen LogP contribution in [-0.4, -0.2) is 28.4 Å². The molecule has 0 N–H and O–H groups in total. The van der Waals surface area contributed by atoms with Gasteiger partial charge in [-0.3, -0.25) is 4.98 Å². The van der Waals surface area contributed by atoms with E-state index in [9.17, 15) is 4.79 Å². The zero-order valence-corrected chi connectivity index (χ0v) is 14.0. The van der Waals surface area contributed by atoms with Crippen molar-refractivity contribution in [3.63, 3.8) is 0 Å². The summed E-state index contributed by atoms with van der Waals surface area (Å²) in [4.78, 5) is 25.2. The molecule has 128 valence electrons. The van der Waals surface area contributed by atoms with Crippen LogP contribution in [0, 0.1) is 0 Å². The Hall–Kier alpha value is -3.54. The molecule has 0 fully saturated rings. The Bertz CT molecular complexity index is 1040. The van der Waals surface area contributed by atoms with Crippen molar-refractivity contribution < 1.29 is 14.3 Å². The molecule has 1 aromatic heterocycles. The highest BCUT2D eigenvalue weighted by Crippen LogP contribution is 2.21. The summed E-state index contributed by atoms with van der Waals surface area (Å²) in [5.74, 6) is 0.505. The molecule has 3 aromatic rings. The minimum Gasteiger partial charge on any atom is -0.494 e. The molecule has 26 heavy (non-hydrogen) atoms. The van der Waals surface area contributed by atoms with E-state index in [4.69, 9.17) is 9.47 Å². The number of aliphatic imine (C=N–C) groups is 1. The van der Waals surface area contributed by atoms with E-state index in [-0.39, 0.29) is 11.6 Å². The molecule has 6 heteroatoms. The molecule has 0 aliphatic carbocycles. The maximum Gasteiger partial charge on any atom is 0.363 e. The standard InChI is InChI=1S/C20H15N3O3/c1-2-25-15-9-7-13(8-10-15)19-23-18(20(24)26-19)11-14-12-21-16-5-3-4-6-17(16)22-14/h3-12H,2H2,1H3/b18-11-. The summed E-state index contributed by atoms with van der Waals surface area (Å²) >= 11 is 0. The fraction of sp³-hybridized carbons (Fsp3) is 0.100. The molecular weight excluding hydrogens is 330 g/mol. The number of rotatable bonds is 4. The molecule has 0 saturated heterocycles. The van der Waals surface area contributed by atoms with E-state index in [1.165, 1.54) is 0 Å². The summed E-state index contributed by atoms with van der Waals surface area (Å²) in [7, 11) is 0. The Morgan fingerprint density at radius 2 is 1.85 bits per heavy atom. The second kappa shape index (κ2) is 6.76. The van der Waals surface area contributed by atoms with E-state index >= 15 is 0 Å². The van der Waals surface area contributed by atoms with Gasteiger partial charge in [0.05, 0.1) is 29.5 Å². The average Bonchev–Trinajstić information content (AvgIpc) is 3.03. The van der Waals surface area contributed by atoms with Crippen LogP contribution in [0.25, 0.3) is 17.1 Å². The van der Waals surface area contributed by atoms with E-state index in [0.717, 1.165) is 16.8 Å². The summed E-state index contributed by atoms with van der Waals surface area (Å²) < 4.78 is 10.7. The first-order valence-corrected chi connectivity index (χ1v) is 8.20. The van der Waals surface area contributed by atoms with Gasteiger partial charge in [0, 0.05) is 5.56 Å². The van der Waals surface area contributed by atoms with E-state index in [2.05, 4.69) is 15.0 Å². The van der Waals surface area contributed by atoms with E-state index in [1.54, 1.807) is 24.4 Å². The number of hydrogen-bond acceptors (Lipinski definition) is 6. The van der Waals surface area contributed by atoms with Crippen LogP contribution in [0.5, 0.6) is 5.75 Å². The molecular formula is C20H15N3O3. The Kier molecular flexibility index (Phi) is 4.15. The number of carbonyl (C=O) groups excluding carboxylic acids is 1. The Morgan fingerprint density at radius 3 is 2.62 bits per heavy atom. The number of hydrogen-bond donors (Lipinski definition) is 0. The van der Waals surface area contributed by atoms with Crippen LogP contribution in [0.15, 0.2) is 65.4 Å². The Balaban J connectivity index is 1.63. The van der Waals surface area contributed by atoms with Crippen molar-refractivity contribution in [2.45, 2.75) is 6.92 Å². The van der Waals surface area contributed by atoms with Gasteiger partial charge in [-0.2, -0.15) is 0 Å². The smallest absolute Gasteiger partial charge is 0.363 e. The second-order valence-corrected chi connectivity index (χ2v) is 5.58. The lowest BCUT2D eigenvalue weighted by molar-refractivity contribution is -0.129. The maximum atomic E-state index is 12.1. The Morgan fingerprint density at radius 1 is 1.08 bits per heavy atom. The topological polar surface area (TPSA) is 73.7 Å². The first-order chi connectivity index (χ1) is 12.7. The molecule has 0 amide bonds. The molecule has 2 heterocycles. The van der Waals surface area contributed by atoms with Crippen LogP contribution in [0.3, 0.4) is 0 Å². The number of nitrogens with zero attached hydrogens (tertiary/aromatic N) is 3. The van der Waals surface area contributed by atoms with Gasteiger partial charge in [-0.25, -0.2) is 14.8 Å². The first kappa shape index (κ1) is 16.0. The predicted octanol–water partition coefficient (Wildman–Crippen LogP) is 3.37. The van der Waals surface area contributed by atoms with Crippen LogP contribution < -0.4 is 4.74 Å². The fourth-order valence-corrected chi connectivity index (χ4v) is 2.57. The first-order valence-electron chi connectivity index (χ1n) is 8.20. The van der Waals surface area contributed by atoms with E-state index in [0.29, 0.717) is 17.9 Å². The largest absolute Gasteiger partial charge is 0.494 e. The molecule has 0 radical (unpaired) electrons. The molecule has 0 atom stereocenters. The highest BCUT2D eigenvalue weighted by atomic mass is 16.6. The lowest BCUT2D eigenvalue weighted by atomic mass is 10.2. The normalized spacial score (nSPS) is 15.2. The SMILES string of the molecule is CCOc1ccc(C2=N/C(=C\c3cnc4ccccc4n3)C(=O)O2)cc1. The van der Waals surface area contributed by atoms with Gasteiger partial charge in [0.2, 0.25) is 5.90 Å². The number of cyclic esters (lactones) is 1. The molecule has 0 saturated carbocycles. The molecule has 6 nitrogen and oxygen atoms in total. The van der Waals surface area contributed by atoms with E-state index < -0.39 is 5.97 Å². The number of benzene rings is 2. The summed E-state index contributed by atoms with van der Waals surface area (Å²) in [6.07, 6.45) is 3.18. The van der Waals surface area contributed by atoms with Crippen molar-refractivity contribution in [2.75, 3.05) is 6.61 Å². The van der Waals surface area contributed by atoms with Gasteiger partial charge in [-0.15, -0.1) is 0 Å². The highest BCUT2D eigenvalue weighted by molar-refractivity contribution is 6.12. The third-order valence-electron chi connectivity index (χ3n) is 3.78. The highest BCUT2D eigenvalue weighted by Gasteiger charge is 2.24. The quantitative estimate of drug-likeness (QED) is 0.535. The third kappa shape index (κ3) is 3.17. The number of ether oxygens (including phenoxy) is 2. The number of para-hydroxylation sites is 2. The number of aromatic nitrogens is 2. The number of carbonyl (C=O) groups is 1. The van der Waals surface area contributed by atoms with Crippen molar-refractivity contribution in [2.24, 2.45) is 4.99 Å². The van der Waals surface area contributed by atoms with Crippen LogP contribution in [0.1, 0.15) is 18.2 Å². The van der Waals surface area contributed by atoms with Crippen molar-refractivity contribution in [1.29, 1.82) is 0 Å². The Labute approximate surface area is 149 Å². The van der Waals surface area contributed by atoms with Crippen LogP contribution in [0.4, 0.5) is 0 Å². The minimum absolute atomic E-state index is 0.193. The monoisotopic (exact) mass is 345 g/mol. The second-order valence-electron chi connectivity index (χ2n) is 5.58. The summed E-state index contributed by atoms with van der Waals surface area (Å²) in [6, 6.07) is 14.8. The number of esters is 1. The summed E-state index contributed by atoms with van der Waals surface area (Å²) in [5.41, 5.74) is 2.99. The van der Waals surface area contributed by atoms with Gasteiger partial charge in [0.15, 0.2) is 5.70 Å². The van der Waals surface area contributed by atoms with Gasteiger partial charge in [0.25, 0.3) is 0 Å². The lowest BCUT2D eigenvalue weighted by Gasteiger charge is -2.03. The average molecular weight is 345 g/mol. The summed E-state index contributed by atoms with van der Waals surface area (Å²) in [6.45, 7) is 2.51. The molecule has 4 rings (SSSR count). The fourth-order valence-electron chi connectivity index (χ4n) is 2.57. The summed E-state index contributed by atoms with van der Waals surface area (Å²) in [5, 5.41) is 0. The van der Waals surface area contributed by atoms with Crippen LogP contribution >= 0.6 is 0 Å². The van der Waals surface area contributed by atoms with Crippen LogP contribution in [0.2, 0.25) is 0 Å². The molecule has 0 spiro atoms. The minimum atomic E-state index is -0.510. The van der Waals surface area contributed by atoms with Gasteiger partial charge in [-0.1, -0.05) is 12.1 Å². The number of fused-ring (bicyclic) bond motifs is 1. The third-order valence-corrected chi connectivity index (χ3v) is 3.78. The van der Waals surface area contributed by atoms with Crippen molar-refractivity contribution in [3.05, 3.63) is 71.7 Å².